The van der Waals surface area contributed by atoms with Crippen LogP contribution < -0.4 is 9.88 Å². The van der Waals surface area contributed by atoms with E-state index in [1.165, 1.54) is 18.3 Å². The van der Waals surface area contributed by atoms with Gasteiger partial charge in [-0.15, -0.1) is 5.10 Å². The number of benzene rings is 2. The van der Waals surface area contributed by atoms with Gasteiger partial charge in [0.15, 0.2) is 0 Å². The van der Waals surface area contributed by atoms with Crippen LogP contribution in [0.3, 0.4) is 0 Å². The van der Waals surface area contributed by atoms with Crippen LogP contribution in [-0.4, -0.2) is 30.0 Å². The fourth-order valence-electron chi connectivity index (χ4n) is 2.05. The largest absolute Gasteiger partial charge is 0.471 e. The molecule has 0 atom stereocenters. The van der Waals surface area contributed by atoms with Crippen LogP contribution in [-0.2, 0) is 26.2 Å². The van der Waals surface area contributed by atoms with E-state index in [2.05, 4.69) is 15.4 Å². The first-order valence-corrected chi connectivity index (χ1v) is 8.68. The number of H-pyrrole nitrogens is 1. The van der Waals surface area contributed by atoms with Gasteiger partial charge < -0.3 is 4.74 Å². The lowest BCUT2D eigenvalue weighted by Crippen LogP contribution is -2.11. The third-order valence-electron chi connectivity index (χ3n) is 3.25. The summed E-state index contributed by atoms with van der Waals surface area (Å²) in [7, 11) is -3.67. The maximum atomic E-state index is 11.2. The van der Waals surface area contributed by atoms with Gasteiger partial charge in [-0.3, -0.25) is 0 Å². The predicted octanol–water partition coefficient (Wildman–Crippen LogP) is 1.11. The molecule has 0 spiro atoms. The van der Waals surface area contributed by atoms with Gasteiger partial charge in [0.1, 0.15) is 12.8 Å². The molecule has 1 aromatic heterocycles. The van der Waals surface area contributed by atoms with Gasteiger partial charge in [-0.2, -0.15) is 19.9 Å². The van der Waals surface area contributed by atoms with E-state index in [1.54, 1.807) is 12.1 Å². The number of aromatic amines is 1. The Labute approximate surface area is 148 Å². The SMILES string of the molecule is NS(=O)(=O)c1ccc(-c2ccc(COc3cn[nH]n3)cc2)cc1.O=C=O. The normalized spacial score (nSPS) is 10.3. The van der Waals surface area contributed by atoms with Crippen molar-refractivity contribution in [2.75, 3.05) is 0 Å². The van der Waals surface area contributed by atoms with Crippen molar-refractivity contribution in [1.82, 2.24) is 15.4 Å². The second-order valence-electron chi connectivity index (χ2n) is 4.95. The zero-order valence-electron chi connectivity index (χ0n) is 13.3. The van der Waals surface area contributed by atoms with Crippen LogP contribution in [0.1, 0.15) is 5.56 Å². The van der Waals surface area contributed by atoms with E-state index in [0.717, 1.165) is 16.7 Å². The smallest absolute Gasteiger partial charge is 0.373 e. The Balaban J connectivity index is 0.000000758. The van der Waals surface area contributed by atoms with Crippen LogP contribution in [0, 0.1) is 0 Å². The number of nitrogens with two attached hydrogens (primary N) is 1. The van der Waals surface area contributed by atoms with Crippen molar-refractivity contribution in [3.05, 3.63) is 60.3 Å². The fraction of sp³-hybridized carbons (Fsp3) is 0.0625. The molecule has 2 aromatic carbocycles. The number of rotatable bonds is 5. The quantitative estimate of drug-likeness (QED) is 0.680. The first-order chi connectivity index (χ1) is 12.4. The number of carbonyl (C=O) groups excluding carboxylic acids is 2. The molecule has 0 fully saturated rings. The number of hydrogen-bond acceptors (Lipinski definition) is 7. The summed E-state index contributed by atoms with van der Waals surface area (Å²) in [6.07, 6.45) is 1.75. The van der Waals surface area contributed by atoms with Gasteiger partial charge in [0.2, 0.25) is 10.0 Å². The summed E-state index contributed by atoms with van der Waals surface area (Å²) in [6, 6.07) is 14.2. The Morgan fingerprint density at radius 1 is 1.00 bits per heavy atom. The lowest BCUT2D eigenvalue weighted by molar-refractivity contribution is -0.191. The van der Waals surface area contributed by atoms with Crippen molar-refractivity contribution in [3.8, 4) is 17.0 Å². The first-order valence-electron chi connectivity index (χ1n) is 7.14. The molecule has 0 radical (unpaired) electrons. The standard InChI is InChI=1S/C15H14N4O3S.CO2/c16-23(20,21)14-7-5-13(6-8-14)12-3-1-11(2-4-12)10-22-15-9-17-19-18-15;2-1-3/h1-9H,10H2,(H2,16,20,21)(H,17,18,19);. The topological polar surface area (TPSA) is 145 Å². The molecule has 0 aliphatic heterocycles. The fourth-order valence-corrected chi connectivity index (χ4v) is 2.56. The van der Waals surface area contributed by atoms with Crippen LogP contribution in [0.4, 0.5) is 0 Å². The van der Waals surface area contributed by atoms with Gasteiger partial charge >= 0.3 is 6.15 Å². The molecular weight excluding hydrogens is 360 g/mol. The third kappa shape index (κ3) is 5.35. The van der Waals surface area contributed by atoms with E-state index in [0.29, 0.717) is 12.5 Å². The number of aromatic nitrogens is 3. The summed E-state index contributed by atoms with van der Waals surface area (Å²) >= 11 is 0. The van der Waals surface area contributed by atoms with Crippen molar-refractivity contribution in [2.24, 2.45) is 5.14 Å². The molecule has 0 unspecified atom stereocenters. The minimum Gasteiger partial charge on any atom is -0.471 e. The van der Waals surface area contributed by atoms with E-state index in [4.69, 9.17) is 19.5 Å². The molecule has 0 aliphatic rings. The van der Waals surface area contributed by atoms with Crippen molar-refractivity contribution in [2.45, 2.75) is 11.5 Å². The van der Waals surface area contributed by atoms with Crippen LogP contribution in [0.25, 0.3) is 11.1 Å². The first kappa shape index (κ1) is 19.0. The van der Waals surface area contributed by atoms with Crippen LogP contribution in [0.15, 0.2) is 59.6 Å². The molecule has 0 saturated carbocycles. The van der Waals surface area contributed by atoms with Crippen molar-refractivity contribution >= 4 is 16.2 Å². The summed E-state index contributed by atoms with van der Waals surface area (Å²) in [4.78, 5) is 16.3. The average molecular weight is 374 g/mol. The Bertz CT molecular complexity index is 962. The van der Waals surface area contributed by atoms with E-state index in [1.807, 2.05) is 24.3 Å². The Morgan fingerprint density at radius 2 is 1.54 bits per heavy atom. The number of nitrogens with zero attached hydrogens (tertiary/aromatic N) is 2. The summed E-state index contributed by atoms with van der Waals surface area (Å²) in [5.74, 6) is 0.438. The average Bonchev–Trinajstić information content (AvgIpc) is 3.14. The molecule has 0 amide bonds. The number of sulfonamides is 1. The second-order valence-corrected chi connectivity index (χ2v) is 6.51. The Hall–Kier alpha value is -3.33. The number of nitrogens with one attached hydrogen (secondary N) is 1. The molecule has 26 heavy (non-hydrogen) atoms. The third-order valence-corrected chi connectivity index (χ3v) is 4.18. The Kier molecular flexibility index (Phi) is 6.34. The molecule has 0 aliphatic carbocycles. The van der Waals surface area contributed by atoms with E-state index in [9.17, 15) is 8.42 Å². The molecule has 3 rings (SSSR count). The van der Waals surface area contributed by atoms with Gasteiger partial charge in [-0.1, -0.05) is 36.4 Å². The van der Waals surface area contributed by atoms with Gasteiger partial charge in [0.05, 0.1) is 4.90 Å². The van der Waals surface area contributed by atoms with Gasteiger partial charge in [-0.05, 0) is 28.8 Å². The van der Waals surface area contributed by atoms with Crippen LogP contribution in [0.2, 0.25) is 0 Å². The van der Waals surface area contributed by atoms with Crippen LogP contribution in [0.5, 0.6) is 5.88 Å². The summed E-state index contributed by atoms with van der Waals surface area (Å²) < 4.78 is 27.9. The predicted molar refractivity (Wildman–Crippen MR) is 89.0 cm³/mol. The summed E-state index contributed by atoms with van der Waals surface area (Å²) in [5, 5.41) is 15.0. The number of primary sulfonamides is 1. The van der Waals surface area contributed by atoms with Gasteiger partial charge in [-0.25, -0.2) is 13.6 Å². The summed E-state index contributed by atoms with van der Waals surface area (Å²) in [5.41, 5.74) is 2.86. The lowest BCUT2D eigenvalue weighted by Gasteiger charge is -2.06. The second kappa shape index (κ2) is 8.67. The van der Waals surface area contributed by atoms with E-state index >= 15 is 0 Å². The molecule has 0 saturated heterocycles. The van der Waals surface area contributed by atoms with Gasteiger partial charge in [0, 0.05) is 0 Å². The highest BCUT2D eigenvalue weighted by Gasteiger charge is 2.07. The minimum atomic E-state index is -3.67. The van der Waals surface area contributed by atoms with Crippen molar-refractivity contribution in [1.29, 1.82) is 0 Å². The Morgan fingerprint density at radius 3 is 2.00 bits per heavy atom. The van der Waals surface area contributed by atoms with Gasteiger partial charge in [0.25, 0.3) is 5.88 Å². The van der Waals surface area contributed by atoms with E-state index in [-0.39, 0.29) is 11.0 Å². The molecule has 10 heteroatoms. The molecule has 3 aromatic rings. The zero-order valence-corrected chi connectivity index (χ0v) is 14.1. The monoisotopic (exact) mass is 374 g/mol. The maximum Gasteiger partial charge on any atom is 0.373 e. The number of ether oxygens (including phenoxy) is 1. The molecule has 134 valence electrons. The number of hydrogen-bond donors (Lipinski definition) is 2. The highest BCUT2D eigenvalue weighted by molar-refractivity contribution is 7.89. The maximum absolute atomic E-state index is 11.2. The zero-order chi connectivity index (χ0) is 19.0. The van der Waals surface area contributed by atoms with E-state index < -0.39 is 10.0 Å². The highest BCUT2D eigenvalue weighted by atomic mass is 32.2. The lowest BCUT2D eigenvalue weighted by atomic mass is 10.0. The molecule has 0 bridgehead atoms. The minimum absolute atomic E-state index is 0.0962. The summed E-state index contributed by atoms with van der Waals surface area (Å²) in [6.45, 7) is 0.386. The highest BCUT2D eigenvalue weighted by Crippen LogP contribution is 2.21. The van der Waals surface area contributed by atoms with Crippen LogP contribution >= 0.6 is 0 Å². The molecule has 9 nitrogen and oxygen atoms in total. The van der Waals surface area contributed by atoms with Crippen molar-refractivity contribution < 1.29 is 22.7 Å². The van der Waals surface area contributed by atoms with Crippen molar-refractivity contribution in [3.63, 3.8) is 0 Å². The molecule has 3 N–H and O–H groups in total. The molecule has 1 heterocycles. The molecular formula is C16H14N4O5S.